The highest BCUT2D eigenvalue weighted by Crippen LogP contribution is 2.24. The fourth-order valence-electron chi connectivity index (χ4n) is 1.84. The fraction of sp³-hybridized carbons (Fsp3) is 0.154. The van der Waals surface area contributed by atoms with Crippen LogP contribution in [-0.2, 0) is 6.42 Å². The fourth-order valence-corrected chi connectivity index (χ4v) is 1.84. The zero-order chi connectivity index (χ0) is 13.1. The number of rotatable bonds is 3. The van der Waals surface area contributed by atoms with Crippen LogP contribution in [0.25, 0.3) is 10.8 Å². The lowest BCUT2D eigenvalue weighted by molar-refractivity contribution is 0.194. The molecule has 2 rings (SSSR count). The molecule has 0 radical (unpaired) electrons. The second-order valence-electron chi connectivity index (χ2n) is 3.85. The number of fused-ring (bicyclic) bond motifs is 1. The summed E-state index contributed by atoms with van der Waals surface area (Å²) in [5, 5.41) is 11.3. The first-order chi connectivity index (χ1) is 8.59. The van der Waals surface area contributed by atoms with Gasteiger partial charge in [0.2, 0.25) is 0 Å². The molecule has 2 N–H and O–H groups in total. The van der Waals surface area contributed by atoms with Crippen LogP contribution in [0.4, 0.5) is 13.6 Å². The van der Waals surface area contributed by atoms with Gasteiger partial charge in [-0.2, -0.15) is 0 Å². The van der Waals surface area contributed by atoms with E-state index in [9.17, 15) is 13.6 Å². The van der Waals surface area contributed by atoms with Gasteiger partial charge in [0.25, 0.3) is 0 Å². The molecule has 0 aromatic heterocycles. The van der Waals surface area contributed by atoms with Gasteiger partial charge in [-0.3, -0.25) is 0 Å². The van der Waals surface area contributed by atoms with Gasteiger partial charge in [0.05, 0.1) is 0 Å². The van der Waals surface area contributed by atoms with E-state index in [-0.39, 0.29) is 18.5 Å². The largest absolute Gasteiger partial charge is 0.465 e. The normalized spacial score (nSPS) is 10.6. The molecule has 2 aromatic carbocycles. The first-order valence-corrected chi connectivity index (χ1v) is 5.42. The summed E-state index contributed by atoms with van der Waals surface area (Å²) in [4.78, 5) is 10.3. The number of hydrogen-bond donors (Lipinski definition) is 2. The molecule has 2 aromatic rings. The summed E-state index contributed by atoms with van der Waals surface area (Å²) in [6.07, 6.45) is -1.23. The van der Waals surface area contributed by atoms with Crippen molar-refractivity contribution in [2.75, 3.05) is 6.54 Å². The monoisotopic (exact) mass is 251 g/mol. The molecule has 5 heteroatoms. The number of nitrogens with one attached hydrogen (secondary N) is 1. The molecule has 0 aliphatic carbocycles. The third-order valence-corrected chi connectivity index (χ3v) is 2.68. The van der Waals surface area contributed by atoms with Gasteiger partial charge in [0, 0.05) is 17.5 Å². The lowest BCUT2D eigenvalue weighted by Gasteiger charge is -2.08. The standard InChI is InChI=1S/C13H11F2NO2/c14-11-7-8-3-1-2-4-9(8)12(15)10(11)5-6-16-13(17)18/h1-4,7,16H,5-6H2,(H,17,18). The van der Waals surface area contributed by atoms with E-state index < -0.39 is 17.7 Å². The van der Waals surface area contributed by atoms with Gasteiger partial charge in [0.15, 0.2) is 0 Å². The van der Waals surface area contributed by atoms with Crippen LogP contribution in [0.15, 0.2) is 30.3 Å². The minimum absolute atomic E-state index is 0.0190. The van der Waals surface area contributed by atoms with Crippen molar-refractivity contribution in [2.24, 2.45) is 0 Å². The number of benzene rings is 2. The van der Waals surface area contributed by atoms with Gasteiger partial charge in [-0.25, -0.2) is 13.6 Å². The van der Waals surface area contributed by atoms with Crippen molar-refractivity contribution in [2.45, 2.75) is 6.42 Å². The number of carbonyl (C=O) groups is 1. The van der Waals surface area contributed by atoms with Crippen LogP contribution < -0.4 is 5.32 Å². The topological polar surface area (TPSA) is 49.3 Å². The summed E-state index contributed by atoms with van der Waals surface area (Å²) >= 11 is 0. The summed E-state index contributed by atoms with van der Waals surface area (Å²) in [6, 6.07) is 7.82. The molecule has 0 spiro atoms. The Morgan fingerprint density at radius 3 is 2.72 bits per heavy atom. The quantitative estimate of drug-likeness (QED) is 0.881. The van der Waals surface area contributed by atoms with Gasteiger partial charge in [-0.05, 0) is 17.9 Å². The third kappa shape index (κ3) is 2.40. The molecule has 0 heterocycles. The Labute approximate surface area is 102 Å². The van der Waals surface area contributed by atoms with Gasteiger partial charge < -0.3 is 10.4 Å². The Hall–Kier alpha value is -2.17. The number of amides is 1. The maximum Gasteiger partial charge on any atom is 0.404 e. The maximum absolute atomic E-state index is 14.0. The lowest BCUT2D eigenvalue weighted by atomic mass is 10.0. The molecule has 0 aliphatic rings. The van der Waals surface area contributed by atoms with Crippen molar-refractivity contribution < 1.29 is 18.7 Å². The molecule has 0 bridgehead atoms. The molecule has 0 unspecified atom stereocenters. The molecule has 0 fully saturated rings. The Balaban J connectivity index is 2.35. The molecule has 0 atom stereocenters. The van der Waals surface area contributed by atoms with Crippen LogP contribution in [0.5, 0.6) is 0 Å². The van der Waals surface area contributed by atoms with E-state index in [1.807, 2.05) is 0 Å². The Morgan fingerprint density at radius 2 is 2.00 bits per heavy atom. The first kappa shape index (κ1) is 12.3. The van der Waals surface area contributed by atoms with Crippen LogP contribution in [0.2, 0.25) is 0 Å². The third-order valence-electron chi connectivity index (χ3n) is 2.68. The Morgan fingerprint density at radius 1 is 1.28 bits per heavy atom. The maximum atomic E-state index is 14.0. The Kier molecular flexibility index (Phi) is 3.41. The summed E-state index contributed by atoms with van der Waals surface area (Å²) in [6.45, 7) is -0.0263. The van der Waals surface area contributed by atoms with E-state index in [4.69, 9.17) is 5.11 Å². The second-order valence-corrected chi connectivity index (χ2v) is 3.85. The highest BCUT2D eigenvalue weighted by molar-refractivity contribution is 5.84. The number of halogens is 2. The lowest BCUT2D eigenvalue weighted by Crippen LogP contribution is -2.23. The van der Waals surface area contributed by atoms with E-state index in [2.05, 4.69) is 5.32 Å². The highest BCUT2D eigenvalue weighted by atomic mass is 19.1. The zero-order valence-electron chi connectivity index (χ0n) is 9.41. The smallest absolute Gasteiger partial charge is 0.404 e. The van der Waals surface area contributed by atoms with Crippen molar-refractivity contribution in [1.82, 2.24) is 5.32 Å². The molecular formula is C13H11F2NO2. The summed E-state index contributed by atoms with van der Waals surface area (Å²) < 4.78 is 27.7. The predicted octanol–water partition coefficient (Wildman–Crippen LogP) is 2.93. The predicted molar refractivity (Wildman–Crippen MR) is 63.6 cm³/mol. The second kappa shape index (κ2) is 5.00. The van der Waals surface area contributed by atoms with Crippen molar-refractivity contribution >= 4 is 16.9 Å². The highest BCUT2D eigenvalue weighted by Gasteiger charge is 2.13. The van der Waals surface area contributed by atoms with Crippen LogP contribution in [0, 0.1) is 11.6 Å². The minimum atomic E-state index is -1.21. The van der Waals surface area contributed by atoms with Crippen molar-refractivity contribution in [1.29, 1.82) is 0 Å². The Bertz CT molecular complexity index is 599. The summed E-state index contributed by atoms with van der Waals surface area (Å²) in [5.41, 5.74) is -0.0950. The van der Waals surface area contributed by atoms with E-state index in [0.717, 1.165) is 0 Å². The van der Waals surface area contributed by atoms with Crippen molar-refractivity contribution in [3.05, 3.63) is 47.5 Å². The molecule has 3 nitrogen and oxygen atoms in total. The number of carboxylic acid groups (broad SMARTS) is 1. The molecule has 1 amide bonds. The average molecular weight is 251 g/mol. The molecule has 94 valence electrons. The minimum Gasteiger partial charge on any atom is -0.465 e. The van der Waals surface area contributed by atoms with E-state index >= 15 is 0 Å². The first-order valence-electron chi connectivity index (χ1n) is 5.42. The summed E-state index contributed by atoms with van der Waals surface area (Å²) in [7, 11) is 0. The summed E-state index contributed by atoms with van der Waals surface area (Å²) in [5.74, 6) is -1.28. The van der Waals surface area contributed by atoms with Gasteiger partial charge >= 0.3 is 6.09 Å². The molecule has 0 saturated carbocycles. The zero-order valence-corrected chi connectivity index (χ0v) is 9.41. The van der Waals surface area contributed by atoms with Crippen molar-refractivity contribution in [3.63, 3.8) is 0 Å². The van der Waals surface area contributed by atoms with E-state index in [0.29, 0.717) is 10.8 Å². The number of hydrogen-bond acceptors (Lipinski definition) is 1. The van der Waals surface area contributed by atoms with Crippen LogP contribution in [0.1, 0.15) is 5.56 Å². The molecule has 18 heavy (non-hydrogen) atoms. The van der Waals surface area contributed by atoms with Crippen LogP contribution in [-0.4, -0.2) is 17.7 Å². The van der Waals surface area contributed by atoms with Gasteiger partial charge in [-0.15, -0.1) is 0 Å². The van der Waals surface area contributed by atoms with Crippen LogP contribution in [0.3, 0.4) is 0 Å². The molecule has 0 saturated heterocycles. The van der Waals surface area contributed by atoms with E-state index in [1.54, 1.807) is 24.3 Å². The van der Waals surface area contributed by atoms with Gasteiger partial charge in [0.1, 0.15) is 11.6 Å². The molecular weight excluding hydrogens is 240 g/mol. The SMILES string of the molecule is O=C(O)NCCc1c(F)cc2ccccc2c1F. The average Bonchev–Trinajstić information content (AvgIpc) is 2.33. The van der Waals surface area contributed by atoms with E-state index in [1.165, 1.54) is 6.07 Å². The van der Waals surface area contributed by atoms with Crippen LogP contribution >= 0.6 is 0 Å². The molecule has 0 aliphatic heterocycles. The van der Waals surface area contributed by atoms with Gasteiger partial charge in [-0.1, -0.05) is 24.3 Å². The van der Waals surface area contributed by atoms with Crippen molar-refractivity contribution in [3.8, 4) is 0 Å².